The number of pyridine rings is 1. The normalized spacial score (nSPS) is 21.7. The highest BCUT2D eigenvalue weighted by atomic mass is 16.2. The van der Waals surface area contributed by atoms with E-state index in [1.807, 2.05) is 31.1 Å². The van der Waals surface area contributed by atoms with Gasteiger partial charge in [-0.15, -0.1) is 0 Å². The highest BCUT2D eigenvalue weighted by Crippen LogP contribution is 2.38. The molecule has 0 N–H and O–H groups in total. The van der Waals surface area contributed by atoms with Crippen molar-refractivity contribution in [2.75, 3.05) is 27.2 Å². The number of piperidine rings is 1. The summed E-state index contributed by atoms with van der Waals surface area (Å²) in [6.07, 6.45) is 9.08. The Kier molecular flexibility index (Phi) is 5.89. The van der Waals surface area contributed by atoms with Gasteiger partial charge in [0.05, 0.1) is 5.41 Å². The van der Waals surface area contributed by atoms with Crippen molar-refractivity contribution < 1.29 is 9.59 Å². The van der Waals surface area contributed by atoms with Crippen molar-refractivity contribution in [2.45, 2.75) is 38.5 Å². The zero-order valence-electron chi connectivity index (χ0n) is 18.0. The summed E-state index contributed by atoms with van der Waals surface area (Å²) in [6.45, 7) is 1.30. The van der Waals surface area contributed by atoms with Gasteiger partial charge < -0.3 is 9.80 Å². The van der Waals surface area contributed by atoms with Crippen molar-refractivity contribution in [3.8, 4) is 11.1 Å². The maximum Gasteiger partial charge on any atom is 0.230 e. The predicted octanol–water partition coefficient (Wildman–Crippen LogP) is 3.79. The third-order valence-corrected chi connectivity index (χ3v) is 6.69. The SMILES string of the molecule is CN(C)C(=O)[C@]1(Cc2cccc(-c3ccncc3)c2)CCCN(C(=O)C2CCC2)C1. The third kappa shape index (κ3) is 4.11. The Morgan fingerprint density at radius 1 is 1.10 bits per heavy atom. The quantitative estimate of drug-likeness (QED) is 0.761. The lowest BCUT2D eigenvalue weighted by Crippen LogP contribution is -2.55. The van der Waals surface area contributed by atoms with E-state index in [0.29, 0.717) is 13.0 Å². The highest BCUT2D eigenvalue weighted by Gasteiger charge is 2.45. The average molecular weight is 406 g/mol. The van der Waals surface area contributed by atoms with Gasteiger partial charge in [-0.3, -0.25) is 14.6 Å². The Labute approximate surface area is 179 Å². The molecule has 1 aromatic heterocycles. The minimum Gasteiger partial charge on any atom is -0.348 e. The van der Waals surface area contributed by atoms with Gasteiger partial charge in [-0.05, 0) is 60.9 Å². The van der Waals surface area contributed by atoms with Crippen LogP contribution in [-0.4, -0.2) is 53.8 Å². The minimum absolute atomic E-state index is 0.128. The van der Waals surface area contributed by atoms with Crippen LogP contribution >= 0.6 is 0 Å². The smallest absolute Gasteiger partial charge is 0.230 e. The second kappa shape index (κ2) is 8.58. The summed E-state index contributed by atoms with van der Waals surface area (Å²) in [5, 5.41) is 0. The number of carbonyl (C=O) groups is 2. The Hall–Kier alpha value is -2.69. The molecule has 1 aromatic carbocycles. The molecular weight excluding hydrogens is 374 g/mol. The van der Waals surface area contributed by atoms with E-state index < -0.39 is 5.41 Å². The van der Waals surface area contributed by atoms with Crippen LogP contribution in [0, 0.1) is 11.3 Å². The molecule has 1 aliphatic carbocycles. The fourth-order valence-corrected chi connectivity index (χ4v) is 4.90. The molecule has 1 atom stereocenters. The number of hydrogen-bond acceptors (Lipinski definition) is 3. The Morgan fingerprint density at radius 2 is 1.87 bits per heavy atom. The van der Waals surface area contributed by atoms with Gasteiger partial charge >= 0.3 is 0 Å². The lowest BCUT2D eigenvalue weighted by molar-refractivity contribution is -0.150. The number of benzene rings is 1. The van der Waals surface area contributed by atoms with Crippen molar-refractivity contribution in [1.82, 2.24) is 14.8 Å². The molecule has 2 amide bonds. The number of carbonyl (C=O) groups excluding carboxylic acids is 2. The van der Waals surface area contributed by atoms with Crippen LogP contribution in [0.3, 0.4) is 0 Å². The summed E-state index contributed by atoms with van der Waals surface area (Å²) < 4.78 is 0. The van der Waals surface area contributed by atoms with Crippen LogP contribution in [0.25, 0.3) is 11.1 Å². The van der Waals surface area contributed by atoms with E-state index in [0.717, 1.165) is 55.3 Å². The summed E-state index contributed by atoms with van der Waals surface area (Å²) in [5.41, 5.74) is 2.82. The van der Waals surface area contributed by atoms with Crippen LogP contribution in [-0.2, 0) is 16.0 Å². The molecule has 5 nitrogen and oxygen atoms in total. The van der Waals surface area contributed by atoms with Gasteiger partial charge in [0.2, 0.25) is 11.8 Å². The van der Waals surface area contributed by atoms with E-state index in [4.69, 9.17) is 0 Å². The van der Waals surface area contributed by atoms with E-state index in [-0.39, 0.29) is 17.7 Å². The molecule has 5 heteroatoms. The first-order valence-electron chi connectivity index (χ1n) is 11.0. The lowest BCUT2D eigenvalue weighted by atomic mass is 9.73. The van der Waals surface area contributed by atoms with Gasteiger partial charge in [0.1, 0.15) is 0 Å². The van der Waals surface area contributed by atoms with Gasteiger partial charge in [0, 0.05) is 45.5 Å². The predicted molar refractivity (Wildman–Crippen MR) is 118 cm³/mol. The lowest BCUT2D eigenvalue weighted by Gasteiger charge is -2.44. The molecule has 1 saturated carbocycles. The van der Waals surface area contributed by atoms with Crippen LogP contribution in [0.15, 0.2) is 48.8 Å². The van der Waals surface area contributed by atoms with Crippen LogP contribution < -0.4 is 0 Å². The van der Waals surface area contributed by atoms with E-state index in [9.17, 15) is 9.59 Å². The van der Waals surface area contributed by atoms with Crippen LogP contribution in [0.4, 0.5) is 0 Å². The summed E-state index contributed by atoms with van der Waals surface area (Å²) in [5.74, 6) is 0.551. The minimum atomic E-state index is -0.558. The van der Waals surface area contributed by atoms with Gasteiger partial charge in [0.15, 0.2) is 0 Å². The van der Waals surface area contributed by atoms with Crippen LogP contribution in [0.2, 0.25) is 0 Å². The molecule has 2 fully saturated rings. The summed E-state index contributed by atoms with van der Waals surface area (Å²) in [4.78, 5) is 34.1. The largest absolute Gasteiger partial charge is 0.348 e. The van der Waals surface area contributed by atoms with Crippen molar-refractivity contribution in [3.05, 3.63) is 54.4 Å². The van der Waals surface area contributed by atoms with Crippen molar-refractivity contribution in [1.29, 1.82) is 0 Å². The number of likely N-dealkylation sites (tertiary alicyclic amines) is 1. The molecule has 2 heterocycles. The molecule has 1 saturated heterocycles. The average Bonchev–Trinajstić information content (AvgIpc) is 2.73. The molecule has 0 radical (unpaired) electrons. The number of aromatic nitrogens is 1. The first kappa shape index (κ1) is 20.6. The Morgan fingerprint density at radius 3 is 2.53 bits per heavy atom. The van der Waals surface area contributed by atoms with Crippen LogP contribution in [0.1, 0.15) is 37.7 Å². The second-order valence-electron chi connectivity index (χ2n) is 9.08. The number of nitrogens with zero attached hydrogens (tertiary/aromatic N) is 3. The topological polar surface area (TPSA) is 53.5 Å². The molecule has 0 spiro atoms. The highest BCUT2D eigenvalue weighted by molar-refractivity contribution is 5.85. The standard InChI is InChI=1S/C25H31N3O2/c1-27(2)24(30)25(12-5-15-28(18-25)23(29)21-7-4-8-21)17-19-6-3-9-22(16-19)20-10-13-26-14-11-20/h3,6,9-11,13-14,16,21H,4-5,7-8,12,15,17-18H2,1-2H3/t25-/m0/s1. The molecular formula is C25H31N3O2. The third-order valence-electron chi connectivity index (χ3n) is 6.69. The molecule has 30 heavy (non-hydrogen) atoms. The zero-order valence-corrected chi connectivity index (χ0v) is 18.0. The number of amides is 2. The molecule has 2 aromatic rings. The van der Waals surface area contributed by atoms with E-state index in [1.165, 1.54) is 0 Å². The van der Waals surface area contributed by atoms with Crippen molar-refractivity contribution in [3.63, 3.8) is 0 Å². The van der Waals surface area contributed by atoms with E-state index >= 15 is 0 Å². The fraction of sp³-hybridized carbons (Fsp3) is 0.480. The maximum absolute atomic E-state index is 13.4. The zero-order chi connectivity index (χ0) is 21.1. The molecule has 158 valence electrons. The molecule has 0 bridgehead atoms. The van der Waals surface area contributed by atoms with Crippen molar-refractivity contribution >= 4 is 11.8 Å². The fourth-order valence-electron chi connectivity index (χ4n) is 4.90. The monoisotopic (exact) mass is 405 g/mol. The first-order valence-corrected chi connectivity index (χ1v) is 11.0. The molecule has 1 aliphatic heterocycles. The number of hydrogen-bond donors (Lipinski definition) is 0. The summed E-state index contributed by atoms with van der Waals surface area (Å²) in [6, 6.07) is 12.4. The maximum atomic E-state index is 13.4. The van der Waals surface area contributed by atoms with Gasteiger partial charge in [-0.1, -0.05) is 30.7 Å². The summed E-state index contributed by atoms with van der Waals surface area (Å²) >= 11 is 0. The Balaban J connectivity index is 1.61. The van der Waals surface area contributed by atoms with Crippen molar-refractivity contribution in [2.24, 2.45) is 11.3 Å². The van der Waals surface area contributed by atoms with Gasteiger partial charge in [0.25, 0.3) is 0 Å². The number of rotatable bonds is 5. The second-order valence-corrected chi connectivity index (χ2v) is 9.08. The van der Waals surface area contributed by atoms with Crippen LogP contribution in [0.5, 0.6) is 0 Å². The van der Waals surface area contributed by atoms with E-state index in [1.54, 1.807) is 17.3 Å². The molecule has 4 rings (SSSR count). The first-order chi connectivity index (χ1) is 14.5. The Bertz CT molecular complexity index is 908. The summed E-state index contributed by atoms with van der Waals surface area (Å²) in [7, 11) is 3.65. The van der Waals surface area contributed by atoms with Gasteiger partial charge in [-0.2, -0.15) is 0 Å². The van der Waals surface area contributed by atoms with E-state index in [2.05, 4.69) is 29.2 Å². The van der Waals surface area contributed by atoms with Gasteiger partial charge in [-0.25, -0.2) is 0 Å². The molecule has 0 unspecified atom stereocenters. The molecule has 2 aliphatic rings.